The number of hydrogen-bond donors (Lipinski definition) is 1. The SMILES string of the molecule is O=C(OC(C(=O)Nc1ccc([N+](=O)[O-])cc1Cl)c1ccccc1)c1cccnc1Cl. The van der Waals surface area contributed by atoms with Crippen molar-refractivity contribution in [2.75, 3.05) is 5.32 Å². The number of ether oxygens (including phenoxy) is 1. The molecule has 0 aliphatic rings. The molecule has 0 saturated carbocycles. The van der Waals surface area contributed by atoms with E-state index in [1.54, 1.807) is 30.3 Å². The van der Waals surface area contributed by atoms with E-state index in [-0.39, 0.29) is 27.1 Å². The summed E-state index contributed by atoms with van der Waals surface area (Å²) in [5.74, 6) is -1.54. The fourth-order valence-corrected chi connectivity index (χ4v) is 2.95. The molecule has 0 aliphatic carbocycles. The van der Waals surface area contributed by atoms with Crippen LogP contribution in [-0.4, -0.2) is 21.8 Å². The molecule has 1 aromatic heterocycles. The molecule has 1 N–H and O–H groups in total. The fourth-order valence-electron chi connectivity index (χ4n) is 2.53. The Balaban J connectivity index is 1.87. The van der Waals surface area contributed by atoms with Crippen LogP contribution < -0.4 is 5.32 Å². The molecule has 8 nitrogen and oxygen atoms in total. The van der Waals surface area contributed by atoms with Crippen LogP contribution >= 0.6 is 23.2 Å². The van der Waals surface area contributed by atoms with Gasteiger partial charge in [0.25, 0.3) is 11.6 Å². The van der Waals surface area contributed by atoms with Crippen LogP contribution in [0.25, 0.3) is 0 Å². The van der Waals surface area contributed by atoms with E-state index in [0.29, 0.717) is 5.56 Å². The van der Waals surface area contributed by atoms with Gasteiger partial charge < -0.3 is 10.1 Å². The number of non-ortho nitro benzene ring substituents is 1. The molecule has 0 aliphatic heterocycles. The number of carbonyl (C=O) groups is 2. The number of aromatic nitrogens is 1. The van der Waals surface area contributed by atoms with E-state index in [1.165, 1.54) is 30.5 Å². The van der Waals surface area contributed by atoms with Crippen molar-refractivity contribution < 1.29 is 19.2 Å². The molecule has 0 saturated heterocycles. The molecule has 30 heavy (non-hydrogen) atoms. The molecule has 3 aromatic rings. The molecule has 10 heteroatoms. The lowest BCUT2D eigenvalue weighted by Gasteiger charge is -2.18. The van der Waals surface area contributed by atoms with Crippen molar-refractivity contribution in [3.05, 3.63) is 98.3 Å². The predicted molar refractivity (Wildman–Crippen MR) is 111 cm³/mol. The number of nitro benzene ring substituents is 1. The number of hydrogen-bond acceptors (Lipinski definition) is 6. The van der Waals surface area contributed by atoms with Crippen molar-refractivity contribution in [2.45, 2.75) is 6.10 Å². The van der Waals surface area contributed by atoms with Gasteiger partial charge in [-0.3, -0.25) is 14.9 Å². The van der Waals surface area contributed by atoms with Gasteiger partial charge in [-0.2, -0.15) is 0 Å². The molecule has 2 aromatic carbocycles. The summed E-state index contributed by atoms with van der Waals surface area (Å²) in [5, 5.41) is 13.3. The molecule has 1 heterocycles. The molecule has 0 radical (unpaired) electrons. The van der Waals surface area contributed by atoms with Crippen LogP contribution in [0.4, 0.5) is 11.4 Å². The second-order valence-electron chi connectivity index (χ2n) is 5.95. The van der Waals surface area contributed by atoms with Crippen LogP contribution in [-0.2, 0) is 9.53 Å². The van der Waals surface area contributed by atoms with E-state index < -0.39 is 22.9 Å². The summed E-state index contributed by atoms with van der Waals surface area (Å²) < 4.78 is 5.41. The number of benzene rings is 2. The van der Waals surface area contributed by atoms with Crippen LogP contribution in [0.1, 0.15) is 22.0 Å². The van der Waals surface area contributed by atoms with Gasteiger partial charge in [-0.1, -0.05) is 53.5 Å². The summed E-state index contributed by atoms with van der Waals surface area (Å²) in [4.78, 5) is 39.5. The van der Waals surface area contributed by atoms with Gasteiger partial charge in [0.1, 0.15) is 5.15 Å². The number of rotatable bonds is 6. The van der Waals surface area contributed by atoms with Crippen LogP contribution in [0.15, 0.2) is 66.9 Å². The lowest BCUT2D eigenvalue weighted by molar-refractivity contribution is -0.384. The third-order valence-corrected chi connectivity index (χ3v) is 4.58. The van der Waals surface area contributed by atoms with E-state index in [1.807, 2.05) is 0 Å². The maximum Gasteiger partial charge on any atom is 0.342 e. The standard InChI is InChI=1S/C20H13Cl2N3O5/c21-15-11-13(25(28)29)8-9-16(15)24-19(26)17(12-5-2-1-3-6-12)30-20(27)14-7-4-10-23-18(14)22/h1-11,17H,(H,24,26). The second kappa shape index (κ2) is 9.34. The largest absolute Gasteiger partial charge is 0.444 e. The van der Waals surface area contributed by atoms with E-state index in [2.05, 4.69) is 10.3 Å². The van der Waals surface area contributed by atoms with Crippen molar-refractivity contribution in [3.63, 3.8) is 0 Å². The summed E-state index contributed by atoms with van der Waals surface area (Å²) in [5.41, 5.74) is 0.307. The highest BCUT2D eigenvalue weighted by Gasteiger charge is 2.27. The van der Waals surface area contributed by atoms with Gasteiger partial charge in [-0.25, -0.2) is 9.78 Å². The highest BCUT2D eigenvalue weighted by atomic mass is 35.5. The monoisotopic (exact) mass is 445 g/mol. The zero-order valence-corrected chi connectivity index (χ0v) is 16.6. The van der Waals surface area contributed by atoms with Crippen LogP contribution in [0.2, 0.25) is 10.2 Å². The molecule has 152 valence electrons. The maximum absolute atomic E-state index is 12.9. The van der Waals surface area contributed by atoms with E-state index in [4.69, 9.17) is 27.9 Å². The predicted octanol–water partition coefficient (Wildman–Crippen LogP) is 4.83. The molecule has 0 spiro atoms. The number of amides is 1. The van der Waals surface area contributed by atoms with E-state index in [9.17, 15) is 19.7 Å². The summed E-state index contributed by atoms with van der Waals surface area (Å²) in [6.07, 6.45) is 0.0816. The van der Waals surface area contributed by atoms with Gasteiger partial charge in [0, 0.05) is 23.9 Å². The van der Waals surface area contributed by atoms with Crippen molar-refractivity contribution in [3.8, 4) is 0 Å². The molecule has 1 atom stereocenters. The van der Waals surface area contributed by atoms with Crippen LogP contribution in [0.5, 0.6) is 0 Å². The Kier molecular flexibility index (Phi) is 6.61. The van der Waals surface area contributed by atoms with Gasteiger partial charge in [-0.05, 0) is 18.2 Å². The zero-order chi connectivity index (χ0) is 21.7. The minimum atomic E-state index is -1.33. The average Bonchev–Trinajstić information content (AvgIpc) is 2.74. The van der Waals surface area contributed by atoms with Crippen molar-refractivity contribution in [2.24, 2.45) is 0 Å². The molecule has 3 rings (SSSR count). The molecule has 0 fully saturated rings. The first-order valence-electron chi connectivity index (χ1n) is 8.48. The van der Waals surface area contributed by atoms with Gasteiger partial charge in [-0.15, -0.1) is 0 Å². The first-order valence-corrected chi connectivity index (χ1v) is 9.23. The second-order valence-corrected chi connectivity index (χ2v) is 6.71. The Bertz CT molecular complexity index is 1110. The molecule has 0 bridgehead atoms. The fraction of sp³-hybridized carbons (Fsp3) is 0.0500. The third kappa shape index (κ3) is 4.91. The number of anilines is 1. The zero-order valence-electron chi connectivity index (χ0n) is 15.1. The first-order chi connectivity index (χ1) is 14.4. The number of esters is 1. The molecular formula is C20H13Cl2N3O5. The molecule has 1 amide bonds. The van der Waals surface area contributed by atoms with Crippen LogP contribution in [0, 0.1) is 10.1 Å². The van der Waals surface area contributed by atoms with Gasteiger partial charge in [0.15, 0.2) is 0 Å². The summed E-state index contributed by atoms with van der Waals surface area (Å²) >= 11 is 12.0. The van der Waals surface area contributed by atoms with Crippen molar-refractivity contribution in [1.82, 2.24) is 4.98 Å². The van der Waals surface area contributed by atoms with Gasteiger partial charge >= 0.3 is 5.97 Å². The number of nitrogens with zero attached hydrogens (tertiary/aromatic N) is 2. The Morgan fingerprint density at radius 2 is 1.80 bits per heavy atom. The summed E-state index contributed by atoms with van der Waals surface area (Å²) in [6.45, 7) is 0. The Hall–Kier alpha value is -3.49. The Labute approximate surface area is 180 Å². The minimum absolute atomic E-state index is 0.00117. The number of nitrogens with one attached hydrogen (secondary N) is 1. The molecular weight excluding hydrogens is 433 g/mol. The van der Waals surface area contributed by atoms with Gasteiger partial charge in [0.2, 0.25) is 6.10 Å². The number of halogens is 2. The minimum Gasteiger partial charge on any atom is -0.444 e. The lowest BCUT2D eigenvalue weighted by atomic mass is 10.1. The van der Waals surface area contributed by atoms with E-state index >= 15 is 0 Å². The van der Waals surface area contributed by atoms with Gasteiger partial charge in [0.05, 0.1) is 21.2 Å². The normalized spacial score (nSPS) is 11.4. The van der Waals surface area contributed by atoms with Crippen molar-refractivity contribution in [1.29, 1.82) is 0 Å². The summed E-state index contributed by atoms with van der Waals surface area (Å²) in [6, 6.07) is 14.8. The maximum atomic E-state index is 12.9. The lowest BCUT2D eigenvalue weighted by Crippen LogP contribution is -2.26. The van der Waals surface area contributed by atoms with Crippen molar-refractivity contribution >= 4 is 46.5 Å². The van der Waals surface area contributed by atoms with E-state index in [0.717, 1.165) is 6.07 Å². The average molecular weight is 446 g/mol. The Morgan fingerprint density at radius 3 is 2.43 bits per heavy atom. The number of pyridine rings is 1. The Morgan fingerprint density at radius 1 is 1.07 bits per heavy atom. The highest BCUT2D eigenvalue weighted by Crippen LogP contribution is 2.29. The summed E-state index contributed by atoms with van der Waals surface area (Å²) in [7, 11) is 0. The first kappa shape index (κ1) is 21.2. The topological polar surface area (TPSA) is 111 Å². The smallest absolute Gasteiger partial charge is 0.342 e. The third-order valence-electron chi connectivity index (χ3n) is 3.97. The molecule has 1 unspecified atom stereocenters. The number of nitro groups is 1. The quantitative estimate of drug-likeness (QED) is 0.251. The van der Waals surface area contributed by atoms with Crippen LogP contribution in [0.3, 0.4) is 0 Å². The highest BCUT2D eigenvalue weighted by molar-refractivity contribution is 6.34. The number of carbonyl (C=O) groups excluding carboxylic acids is 2.